The Balaban J connectivity index is 2.59. The van der Waals surface area contributed by atoms with Gasteiger partial charge in [0.2, 0.25) is 5.95 Å². The second-order valence-corrected chi connectivity index (χ2v) is 6.01. The monoisotopic (exact) mass is 384 g/mol. The lowest BCUT2D eigenvalue weighted by Crippen LogP contribution is -2.55. The van der Waals surface area contributed by atoms with Gasteiger partial charge in [-0.3, -0.25) is 0 Å². The fraction of sp³-hybridized carbons (Fsp3) is 0.667. The third-order valence-corrected chi connectivity index (χ3v) is 3.79. The normalized spacial score (nSPS) is 21.3. The highest BCUT2D eigenvalue weighted by molar-refractivity contribution is 5.89. The first-order chi connectivity index (χ1) is 11.9. The summed E-state index contributed by atoms with van der Waals surface area (Å²) in [5.41, 5.74) is -4.92. The fourth-order valence-corrected chi connectivity index (χ4v) is 2.58. The maximum atomic E-state index is 13.4. The van der Waals surface area contributed by atoms with E-state index in [1.54, 1.807) is 13.8 Å². The molecule has 26 heavy (non-hydrogen) atoms. The molecule has 2 heterocycles. The molecule has 0 aromatic carbocycles. The van der Waals surface area contributed by atoms with Gasteiger partial charge in [-0.15, -0.1) is 0 Å². The first-order valence-electron chi connectivity index (χ1n) is 8.03. The maximum Gasteiger partial charge on any atom is 0.438 e. The molecule has 0 amide bonds. The fourth-order valence-electron chi connectivity index (χ4n) is 2.58. The van der Waals surface area contributed by atoms with Gasteiger partial charge in [0.1, 0.15) is 5.69 Å². The van der Waals surface area contributed by atoms with Gasteiger partial charge in [-0.2, -0.15) is 36.5 Å². The zero-order valence-corrected chi connectivity index (χ0v) is 14.1. The van der Waals surface area contributed by atoms with Crippen LogP contribution in [0.1, 0.15) is 50.9 Å². The number of nitrogens with zero attached hydrogens (tertiary/aromatic N) is 4. The summed E-state index contributed by atoms with van der Waals surface area (Å²) in [5.74, 6) is -0.922. The molecule has 1 aliphatic heterocycles. The molecule has 1 aliphatic rings. The average Bonchev–Trinajstić information content (AvgIpc) is 2.84. The molecule has 0 fully saturated rings. The molecule has 0 saturated heterocycles. The van der Waals surface area contributed by atoms with E-state index in [0.717, 1.165) is 0 Å². The van der Waals surface area contributed by atoms with E-state index in [2.05, 4.69) is 15.1 Å². The highest BCUT2D eigenvalue weighted by Gasteiger charge is 2.62. The summed E-state index contributed by atoms with van der Waals surface area (Å²) in [6.07, 6.45) is -9.72. The van der Waals surface area contributed by atoms with Crippen molar-refractivity contribution in [2.45, 2.75) is 64.0 Å². The van der Waals surface area contributed by atoms with E-state index in [-0.39, 0.29) is 29.3 Å². The molecule has 1 aromatic heterocycles. The van der Waals surface area contributed by atoms with Gasteiger partial charge in [0, 0.05) is 17.8 Å². The third-order valence-electron chi connectivity index (χ3n) is 3.79. The topological polar surface area (TPSA) is 61.6 Å². The van der Waals surface area contributed by atoms with Crippen LogP contribution < -0.4 is 5.01 Å². The van der Waals surface area contributed by atoms with E-state index >= 15 is 0 Å². The minimum absolute atomic E-state index is 0.0189. The molecule has 146 valence electrons. The standard InChI is InChI=1S/C15H18F6N4O/c1-3-5-9-7-11(14(16,17)18)23-12(22-9)25-13(26,15(19,20)21)8-10(24-25)6-4-2/h7,26H,3-6,8H2,1-2H3. The van der Waals surface area contributed by atoms with Gasteiger partial charge in [-0.05, 0) is 18.9 Å². The van der Waals surface area contributed by atoms with Gasteiger partial charge in [0.05, 0.1) is 0 Å². The summed E-state index contributed by atoms with van der Waals surface area (Å²) in [6.45, 7) is 3.40. The van der Waals surface area contributed by atoms with Crippen LogP contribution in [0.3, 0.4) is 0 Å². The molecular weight excluding hydrogens is 366 g/mol. The molecule has 1 aromatic rings. The van der Waals surface area contributed by atoms with Crippen LogP contribution in [-0.4, -0.2) is 32.7 Å². The third kappa shape index (κ3) is 3.92. The lowest BCUT2D eigenvalue weighted by atomic mass is 10.0. The Morgan fingerprint density at radius 1 is 1.08 bits per heavy atom. The van der Waals surface area contributed by atoms with E-state index in [1.807, 2.05) is 0 Å². The summed E-state index contributed by atoms with van der Waals surface area (Å²) in [5, 5.41) is 13.9. The summed E-state index contributed by atoms with van der Waals surface area (Å²) in [6, 6.07) is 0.687. The Hall–Kier alpha value is -1.91. The predicted molar refractivity (Wildman–Crippen MR) is 81.5 cm³/mol. The van der Waals surface area contributed by atoms with Crippen molar-refractivity contribution in [2.24, 2.45) is 5.10 Å². The van der Waals surface area contributed by atoms with Crippen LogP contribution in [0, 0.1) is 0 Å². The van der Waals surface area contributed by atoms with Gasteiger partial charge >= 0.3 is 12.4 Å². The van der Waals surface area contributed by atoms with Crippen molar-refractivity contribution in [3.63, 3.8) is 0 Å². The van der Waals surface area contributed by atoms with Gasteiger partial charge in [0.25, 0.3) is 5.72 Å². The average molecular weight is 384 g/mol. The molecular formula is C15H18F6N4O. The van der Waals surface area contributed by atoms with E-state index < -0.39 is 36.1 Å². The van der Waals surface area contributed by atoms with E-state index in [4.69, 9.17) is 0 Å². The number of aryl methyl sites for hydroxylation is 1. The van der Waals surface area contributed by atoms with Crippen LogP contribution >= 0.6 is 0 Å². The Morgan fingerprint density at radius 3 is 2.19 bits per heavy atom. The highest BCUT2D eigenvalue weighted by Crippen LogP contribution is 2.43. The molecule has 5 nitrogen and oxygen atoms in total. The summed E-state index contributed by atoms with van der Waals surface area (Å²) >= 11 is 0. The quantitative estimate of drug-likeness (QED) is 0.778. The van der Waals surface area contributed by atoms with Gasteiger partial charge in [0.15, 0.2) is 0 Å². The summed E-state index contributed by atoms with van der Waals surface area (Å²) in [7, 11) is 0. The van der Waals surface area contributed by atoms with Crippen LogP contribution in [0.4, 0.5) is 32.3 Å². The van der Waals surface area contributed by atoms with Crippen molar-refractivity contribution in [2.75, 3.05) is 5.01 Å². The van der Waals surface area contributed by atoms with Crippen LogP contribution in [-0.2, 0) is 12.6 Å². The van der Waals surface area contributed by atoms with Crippen molar-refractivity contribution >= 4 is 11.7 Å². The van der Waals surface area contributed by atoms with Crippen LogP contribution in [0.25, 0.3) is 0 Å². The number of aliphatic hydroxyl groups is 1. The largest absolute Gasteiger partial charge is 0.438 e. The molecule has 0 saturated carbocycles. The molecule has 11 heteroatoms. The van der Waals surface area contributed by atoms with Crippen LogP contribution in [0.15, 0.2) is 11.2 Å². The van der Waals surface area contributed by atoms with Gasteiger partial charge in [-0.1, -0.05) is 26.7 Å². The van der Waals surface area contributed by atoms with Gasteiger partial charge in [-0.25, -0.2) is 9.97 Å². The Morgan fingerprint density at radius 2 is 1.69 bits per heavy atom. The van der Waals surface area contributed by atoms with E-state index in [1.165, 1.54) is 0 Å². The number of aromatic nitrogens is 2. The molecule has 1 N–H and O–H groups in total. The van der Waals surface area contributed by atoms with Gasteiger partial charge < -0.3 is 5.11 Å². The SMILES string of the molecule is CCCC1=NN(c2nc(CCC)cc(C(F)(F)F)n2)C(O)(C(F)(F)F)C1. The van der Waals surface area contributed by atoms with E-state index in [9.17, 15) is 31.4 Å². The minimum atomic E-state index is -5.16. The maximum absolute atomic E-state index is 13.4. The Bertz CT molecular complexity index is 688. The summed E-state index contributed by atoms with van der Waals surface area (Å²) < 4.78 is 79.5. The Labute approximate surface area is 145 Å². The van der Waals surface area contributed by atoms with Crippen LogP contribution in [0.5, 0.6) is 0 Å². The van der Waals surface area contributed by atoms with E-state index in [0.29, 0.717) is 18.9 Å². The lowest BCUT2D eigenvalue weighted by molar-refractivity contribution is -0.254. The number of hydrogen-bond donors (Lipinski definition) is 1. The second-order valence-electron chi connectivity index (χ2n) is 6.01. The smallest absolute Gasteiger partial charge is 0.362 e. The highest BCUT2D eigenvalue weighted by atomic mass is 19.4. The van der Waals surface area contributed by atoms with Crippen molar-refractivity contribution in [1.29, 1.82) is 0 Å². The molecule has 2 rings (SSSR count). The van der Waals surface area contributed by atoms with Crippen LogP contribution in [0.2, 0.25) is 0 Å². The number of hydrazone groups is 1. The molecule has 1 atom stereocenters. The lowest BCUT2D eigenvalue weighted by Gasteiger charge is -2.32. The second kappa shape index (κ2) is 7.01. The first-order valence-corrected chi connectivity index (χ1v) is 8.03. The molecule has 0 bridgehead atoms. The van der Waals surface area contributed by atoms with Crippen molar-refractivity contribution in [3.8, 4) is 0 Å². The van der Waals surface area contributed by atoms with Crippen molar-refractivity contribution < 1.29 is 31.4 Å². The molecule has 0 radical (unpaired) electrons. The van der Waals surface area contributed by atoms with Crippen molar-refractivity contribution in [3.05, 3.63) is 17.5 Å². The minimum Gasteiger partial charge on any atom is -0.362 e. The zero-order chi connectivity index (χ0) is 19.8. The number of anilines is 1. The zero-order valence-electron chi connectivity index (χ0n) is 14.1. The molecule has 0 spiro atoms. The molecule has 1 unspecified atom stereocenters. The molecule has 0 aliphatic carbocycles. The predicted octanol–water partition coefficient (Wildman–Crippen LogP) is 4.07. The number of alkyl halides is 6. The number of halogens is 6. The number of rotatable bonds is 5. The number of hydrogen-bond acceptors (Lipinski definition) is 5. The Kier molecular flexibility index (Phi) is 5.50. The summed E-state index contributed by atoms with van der Waals surface area (Å²) in [4.78, 5) is 6.97. The van der Waals surface area contributed by atoms with Crippen molar-refractivity contribution in [1.82, 2.24) is 9.97 Å². The first kappa shape index (κ1) is 20.4.